The topological polar surface area (TPSA) is 52.5 Å². The Bertz CT molecular complexity index is 724. The van der Waals surface area contributed by atoms with E-state index in [4.69, 9.17) is 10.5 Å². The SMILES string of the molecule is Nc1cccn2c(COc3ccccc3F)cnc12. The number of rotatable bonds is 3. The minimum atomic E-state index is -0.379. The number of hydrogen-bond acceptors (Lipinski definition) is 3. The highest BCUT2D eigenvalue weighted by Crippen LogP contribution is 2.18. The Morgan fingerprint density at radius 2 is 2.05 bits per heavy atom. The van der Waals surface area contributed by atoms with Crippen molar-refractivity contribution in [1.82, 2.24) is 9.38 Å². The molecule has 4 nitrogen and oxygen atoms in total. The Hall–Kier alpha value is -2.56. The Kier molecular flexibility index (Phi) is 2.79. The molecule has 0 atom stereocenters. The van der Waals surface area contributed by atoms with Crippen LogP contribution in [0.4, 0.5) is 10.1 Å². The van der Waals surface area contributed by atoms with Gasteiger partial charge >= 0.3 is 0 Å². The highest BCUT2D eigenvalue weighted by molar-refractivity contribution is 5.64. The van der Waals surface area contributed by atoms with Crippen LogP contribution in [-0.4, -0.2) is 9.38 Å². The van der Waals surface area contributed by atoms with Crippen molar-refractivity contribution < 1.29 is 9.13 Å². The first-order valence-electron chi connectivity index (χ1n) is 5.83. The number of anilines is 1. The van der Waals surface area contributed by atoms with Gasteiger partial charge in [-0.15, -0.1) is 0 Å². The van der Waals surface area contributed by atoms with Gasteiger partial charge in [0.25, 0.3) is 0 Å². The zero-order chi connectivity index (χ0) is 13.2. The maximum atomic E-state index is 13.4. The molecule has 19 heavy (non-hydrogen) atoms. The molecule has 0 saturated carbocycles. The van der Waals surface area contributed by atoms with Gasteiger partial charge in [-0.25, -0.2) is 9.37 Å². The third kappa shape index (κ3) is 2.10. The number of imidazole rings is 1. The lowest BCUT2D eigenvalue weighted by atomic mass is 10.3. The highest BCUT2D eigenvalue weighted by atomic mass is 19.1. The number of fused-ring (bicyclic) bond motifs is 1. The summed E-state index contributed by atoms with van der Waals surface area (Å²) in [6.07, 6.45) is 3.52. The molecule has 0 aliphatic heterocycles. The molecule has 0 aliphatic rings. The van der Waals surface area contributed by atoms with E-state index in [1.165, 1.54) is 6.07 Å². The standard InChI is InChI=1S/C14H12FN3O/c15-11-4-1-2-6-13(11)19-9-10-8-17-14-12(16)5-3-7-18(10)14/h1-8H,9,16H2. The lowest BCUT2D eigenvalue weighted by molar-refractivity contribution is 0.285. The van der Waals surface area contributed by atoms with E-state index in [1.54, 1.807) is 30.5 Å². The number of halogens is 1. The number of para-hydroxylation sites is 1. The Morgan fingerprint density at radius 3 is 2.89 bits per heavy atom. The number of benzene rings is 1. The Balaban J connectivity index is 1.87. The van der Waals surface area contributed by atoms with Crippen molar-refractivity contribution >= 4 is 11.3 Å². The summed E-state index contributed by atoms with van der Waals surface area (Å²) in [7, 11) is 0. The number of ether oxygens (including phenoxy) is 1. The fraction of sp³-hybridized carbons (Fsp3) is 0.0714. The number of nitrogens with zero attached hydrogens (tertiary/aromatic N) is 2. The van der Waals surface area contributed by atoms with Crippen LogP contribution in [0.5, 0.6) is 5.75 Å². The summed E-state index contributed by atoms with van der Waals surface area (Å²) < 4.78 is 20.7. The maximum Gasteiger partial charge on any atom is 0.165 e. The Labute approximate surface area is 109 Å². The quantitative estimate of drug-likeness (QED) is 0.784. The van der Waals surface area contributed by atoms with Crippen LogP contribution in [0.1, 0.15) is 5.69 Å². The molecule has 2 N–H and O–H groups in total. The molecule has 5 heteroatoms. The first-order chi connectivity index (χ1) is 9.25. The van der Waals surface area contributed by atoms with Crippen molar-refractivity contribution in [2.45, 2.75) is 6.61 Å². The maximum absolute atomic E-state index is 13.4. The normalized spacial score (nSPS) is 10.8. The van der Waals surface area contributed by atoms with E-state index in [2.05, 4.69) is 4.98 Å². The van der Waals surface area contributed by atoms with Crippen LogP contribution in [0.3, 0.4) is 0 Å². The van der Waals surface area contributed by atoms with Gasteiger partial charge in [-0.3, -0.25) is 4.40 Å². The third-order valence-corrected chi connectivity index (χ3v) is 2.85. The number of hydrogen-bond donors (Lipinski definition) is 1. The van der Waals surface area contributed by atoms with Gasteiger partial charge in [-0.2, -0.15) is 0 Å². The summed E-state index contributed by atoms with van der Waals surface area (Å²) in [6, 6.07) is 9.91. The Morgan fingerprint density at radius 1 is 1.21 bits per heavy atom. The summed E-state index contributed by atoms with van der Waals surface area (Å²) in [4.78, 5) is 4.22. The average Bonchev–Trinajstić information content (AvgIpc) is 2.83. The van der Waals surface area contributed by atoms with Crippen molar-refractivity contribution in [3.8, 4) is 5.75 Å². The van der Waals surface area contributed by atoms with E-state index in [9.17, 15) is 4.39 Å². The second-order valence-electron chi connectivity index (χ2n) is 4.13. The zero-order valence-electron chi connectivity index (χ0n) is 10.1. The van der Waals surface area contributed by atoms with Crippen LogP contribution in [0.25, 0.3) is 5.65 Å². The molecular formula is C14H12FN3O. The van der Waals surface area contributed by atoms with Crippen LogP contribution in [-0.2, 0) is 6.61 Å². The molecule has 2 aromatic heterocycles. The number of nitrogens with two attached hydrogens (primary N) is 1. The van der Waals surface area contributed by atoms with Gasteiger partial charge in [-0.05, 0) is 24.3 Å². The summed E-state index contributed by atoms with van der Waals surface area (Å²) in [5, 5.41) is 0. The van der Waals surface area contributed by atoms with Crippen LogP contribution in [0.2, 0.25) is 0 Å². The molecule has 1 aromatic carbocycles. The monoisotopic (exact) mass is 257 g/mol. The first kappa shape index (κ1) is 11.5. The first-order valence-corrected chi connectivity index (χ1v) is 5.83. The summed E-state index contributed by atoms with van der Waals surface area (Å²) in [6.45, 7) is 0.228. The van der Waals surface area contributed by atoms with E-state index in [0.29, 0.717) is 11.3 Å². The predicted octanol–water partition coefficient (Wildman–Crippen LogP) is 2.63. The fourth-order valence-electron chi connectivity index (χ4n) is 1.90. The van der Waals surface area contributed by atoms with Gasteiger partial charge in [0.05, 0.1) is 17.6 Å². The molecular weight excluding hydrogens is 245 g/mol. The van der Waals surface area contributed by atoms with Crippen LogP contribution >= 0.6 is 0 Å². The lowest BCUT2D eigenvalue weighted by Crippen LogP contribution is -2.01. The molecule has 3 aromatic rings. The molecule has 2 heterocycles. The number of pyridine rings is 1. The van der Waals surface area contributed by atoms with E-state index in [0.717, 1.165) is 5.69 Å². The molecule has 3 rings (SSSR count). The molecule has 0 fully saturated rings. The van der Waals surface area contributed by atoms with Gasteiger partial charge in [0.1, 0.15) is 6.61 Å². The molecule has 0 bridgehead atoms. The van der Waals surface area contributed by atoms with Gasteiger partial charge < -0.3 is 10.5 Å². The minimum Gasteiger partial charge on any atom is -0.484 e. The lowest BCUT2D eigenvalue weighted by Gasteiger charge is -2.07. The average molecular weight is 257 g/mol. The zero-order valence-corrected chi connectivity index (χ0v) is 10.1. The van der Waals surface area contributed by atoms with E-state index in [-0.39, 0.29) is 18.2 Å². The van der Waals surface area contributed by atoms with Crippen molar-refractivity contribution in [2.75, 3.05) is 5.73 Å². The molecule has 0 aliphatic carbocycles. The molecule has 96 valence electrons. The van der Waals surface area contributed by atoms with Crippen LogP contribution in [0.15, 0.2) is 48.8 Å². The van der Waals surface area contributed by atoms with Gasteiger partial charge in [0.2, 0.25) is 0 Å². The smallest absolute Gasteiger partial charge is 0.165 e. The third-order valence-electron chi connectivity index (χ3n) is 2.85. The summed E-state index contributed by atoms with van der Waals surface area (Å²) in [5.74, 6) is -0.155. The van der Waals surface area contributed by atoms with Gasteiger partial charge in [0, 0.05) is 6.20 Å². The van der Waals surface area contributed by atoms with E-state index in [1.807, 2.05) is 16.7 Å². The van der Waals surface area contributed by atoms with Gasteiger partial charge in [0.15, 0.2) is 17.2 Å². The largest absolute Gasteiger partial charge is 0.484 e. The molecule has 0 saturated heterocycles. The minimum absolute atomic E-state index is 0.223. The van der Waals surface area contributed by atoms with Crippen molar-refractivity contribution in [3.05, 3.63) is 60.3 Å². The second-order valence-corrected chi connectivity index (χ2v) is 4.13. The number of aromatic nitrogens is 2. The van der Waals surface area contributed by atoms with Crippen molar-refractivity contribution in [2.24, 2.45) is 0 Å². The molecule has 0 amide bonds. The fourth-order valence-corrected chi connectivity index (χ4v) is 1.90. The van der Waals surface area contributed by atoms with Crippen molar-refractivity contribution in [1.29, 1.82) is 0 Å². The van der Waals surface area contributed by atoms with Crippen molar-refractivity contribution in [3.63, 3.8) is 0 Å². The molecule has 0 unspecified atom stereocenters. The number of nitrogen functional groups attached to an aromatic ring is 1. The summed E-state index contributed by atoms with van der Waals surface area (Å²) in [5.41, 5.74) is 7.90. The summed E-state index contributed by atoms with van der Waals surface area (Å²) >= 11 is 0. The van der Waals surface area contributed by atoms with E-state index < -0.39 is 0 Å². The second kappa shape index (κ2) is 4.61. The van der Waals surface area contributed by atoms with Gasteiger partial charge in [-0.1, -0.05) is 12.1 Å². The molecule has 0 spiro atoms. The van der Waals surface area contributed by atoms with Crippen LogP contribution < -0.4 is 10.5 Å². The highest BCUT2D eigenvalue weighted by Gasteiger charge is 2.07. The van der Waals surface area contributed by atoms with E-state index >= 15 is 0 Å². The molecule has 0 radical (unpaired) electrons. The van der Waals surface area contributed by atoms with Crippen LogP contribution in [0, 0.1) is 5.82 Å². The predicted molar refractivity (Wildman–Crippen MR) is 70.3 cm³/mol.